The molecule has 0 saturated heterocycles. The maximum atomic E-state index is 6.32. The van der Waals surface area contributed by atoms with Crippen LogP contribution in [0, 0.1) is 0 Å². The van der Waals surface area contributed by atoms with E-state index in [1.165, 1.54) is 87.0 Å². The molecule has 7 aromatic carbocycles. The van der Waals surface area contributed by atoms with E-state index in [2.05, 4.69) is 124 Å². The molecule has 3 heteroatoms. The summed E-state index contributed by atoms with van der Waals surface area (Å²) in [5.41, 5.74) is 9.47. The van der Waals surface area contributed by atoms with Gasteiger partial charge < -0.3 is 13.2 Å². The largest absolute Gasteiger partial charge is 0.456 e. The average Bonchev–Trinajstić information content (AvgIpc) is 3.83. The zero-order chi connectivity index (χ0) is 27.6. The highest BCUT2D eigenvalue weighted by Gasteiger charge is 2.23. The molecule has 3 nitrogen and oxygen atoms in total. The summed E-state index contributed by atoms with van der Waals surface area (Å²) in [5, 5.41) is 15.2. The molecule has 12 aromatic rings. The van der Waals surface area contributed by atoms with Crippen LogP contribution in [0.4, 0.5) is 0 Å². The molecule has 0 fully saturated rings. The lowest BCUT2D eigenvalue weighted by molar-refractivity contribution is 0.669. The van der Waals surface area contributed by atoms with Gasteiger partial charge in [0.25, 0.3) is 0 Å². The van der Waals surface area contributed by atoms with Gasteiger partial charge in [0.1, 0.15) is 11.2 Å². The third-order valence-electron chi connectivity index (χ3n) is 10.1. The third-order valence-corrected chi connectivity index (χ3v) is 10.1. The van der Waals surface area contributed by atoms with Gasteiger partial charge in [0, 0.05) is 53.9 Å². The van der Waals surface area contributed by atoms with E-state index in [4.69, 9.17) is 4.42 Å². The van der Waals surface area contributed by atoms with Gasteiger partial charge in [0.15, 0.2) is 0 Å². The molecule has 5 heterocycles. The highest BCUT2D eigenvalue weighted by Crippen LogP contribution is 2.46. The fourth-order valence-corrected chi connectivity index (χ4v) is 8.35. The number of fused-ring (bicyclic) bond motifs is 16. The number of para-hydroxylation sites is 3. The minimum Gasteiger partial charge on any atom is -0.456 e. The van der Waals surface area contributed by atoms with E-state index in [1.807, 2.05) is 6.07 Å². The van der Waals surface area contributed by atoms with Crippen molar-refractivity contribution >= 4 is 109 Å². The van der Waals surface area contributed by atoms with Crippen LogP contribution in [0.1, 0.15) is 0 Å². The quantitative estimate of drug-likeness (QED) is 0.186. The zero-order valence-electron chi connectivity index (χ0n) is 22.8. The molecule has 0 aliphatic heterocycles. The topological polar surface area (TPSA) is 22.0 Å². The van der Waals surface area contributed by atoms with Crippen LogP contribution in [0.15, 0.2) is 126 Å². The molecule has 0 atom stereocenters. The predicted octanol–water partition coefficient (Wildman–Crippen LogP) is 11.0. The number of hydrogen-bond donors (Lipinski definition) is 0. The van der Waals surface area contributed by atoms with Crippen molar-refractivity contribution in [3.63, 3.8) is 0 Å². The fraction of sp³-hybridized carbons (Fsp3) is 0. The van der Waals surface area contributed by atoms with Gasteiger partial charge in [-0.05, 0) is 53.2 Å². The fourth-order valence-electron chi connectivity index (χ4n) is 8.35. The number of furan rings is 1. The van der Waals surface area contributed by atoms with Crippen LogP contribution < -0.4 is 0 Å². The first-order valence-electron chi connectivity index (χ1n) is 14.9. The van der Waals surface area contributed by atoms with Crippen LogP contribution in [0.3, 0.4) is 0 Å². The SMILES string of the molecule is c1ccc2cc3c(cc2c1)c1cccc2c4cc5c6cccc7c8cc9oc%10ccccc%10c9cc8n(c5cc4n3c12)c76. The summed E-state index contributed by atoms with van der Waals surface area (Å²) < 4.78 is 11.3. The second-order valence-corrected chi connectivity index (χ2v) is 12.1. The first-order valence-corrected chi connectivity index (χ1v) is 14.9. The van der Waals surface area contributed by atoms with E-state index in [1.54, 1.807) is 0 Å². The third kappa shape index (κ3) is 2.28. The Morgan fingerprint density at radius 3 is 1.53 bits per heavy atom. The van der Waals surface area contributed by atoms with E-state index in [9.17, 15) is 0 Å². The predicted molar refractivity (Wildman–Crippen MR) is 181 cm³/mol. The molecule has 12 rings (SSSR count). The molecule has 43 heavy (non-hydrogen) atoms. The summed E-state index contributed by atoms with van der Waals surface area (Å²) in [7, 11) is 0. The van der Waals surface area contributed by atoms with E-state index < -0.39 is 0 Å². The molecule has 0 spiro atoms. The van der Waals surface area contributed by atoms with Gasteiger partial charge in [-0.25, -0.2) is 0 Å². The van der Waals surface area contributed by atoms with Crippen molar-refractivity contribution in [1.29, 1.82) is 0 Å². The van der Waals surface area contributed by atoms with Crippen molar-refractivity contribution in [2.24, 2.45) is 0 Å². The van der Waals surface area contributed by atoms with Crippen LogP contribution in [0.2, 0.25) is 0 Å². The Morgan fingerprint density at radius 2 is 0.837 bits per heavy atom. The van der Waals surface area contributed by atoms with Crippen LogP contribution in [-0.2, 0) is 0 Å². The minimum absolute atomic E-state index is 0.934. The number of benzene rings is 7. The zero-order valence-corrected chi connectivity index (χ0v) is 22.8. The van der Waals surface area contributed by atoms with E-state index in [-0.39, 0.29) is 0 Å². The molecule has 0 aliphatic carbocycles. The van der Waals surface area contributed by atoms with Crippen LogP contribution in [0.25, 0.3) is 109 Å². The Balaban J connectivity index is 1.32. The van der Waals surface area contributed by atoms with Crippen molar-refractivity contribution in [3.05, 3.63) is 121 Å². The Hall–Kier alpha value is -5.80. The lowest BCUT2D eigenvalue weighted by atomic mass is 10.0. The Kier molecular flexibility index (Phi) is 3.32. The Labute approximate surface area is 243 Å². The van der Waals surface area contributed by atoms with E-state index >= 15 is 0 Å². The second-order valence-electron chi connectivity index (χ2n) is 12.1. The summed E-state index contributed by atoms with van der Waals surface area (Å²) in [6, 6.07) is 44.8. The number of nitrogens with zero attached hydrogens (tertiary/aromatic N) is 2. The minimum atomic E-state index is 0.934. The molecule has 0 saturated carbocycles. The van der Waals surface area contributed by atoms with Crippen molar-refractivity contribution in [3.8, 4) is 0 Å². The van der Waals surface area contributed by atoms with Gasteiger partial charge in [0.2, 0.25) is 0 Å². The Bertz CT molecular complexity index is 3170. The molecule has 0 bridgehead atoms. The number of rotatable bonds is 0. The lowest BCUT2D eigenvalue weighted by Gasteiger charge is -2.03. The Morgan fingerprint density at radius 1 is 0.326 bits per heavy atom. The van der Waals surface area contributed by atoms with Crippen molar-refractivity contribution < 1.29 is 4.42 Å². The highest BCUT2D eigenvalue weighted by molar-refractivity contribution is 6.30. The number of aromatic nitrogens is 2. The van der Waals surface area contributed by atoms with E-state index in [0.717, 1.165) is 21.9 Å². The van der Waals surface area contributed by atoms with E-state index in [0.29, 0.717) is 0 Å². The van der Waals surface area contributed by atoms with Gasteiger partial charge in [0.05, 0.1) is 33.1 Å². The van der Waals surface area contributed by atoms with Crippen LogP contribution in [0.5, 0.6) is 0 Å². The monoisotopic (exact) mass is 544 g/mol. The summed E-state index contributed by atoms with van der Waals surface area (Å²) in [5.74, 6) is 0. The van der Waals surface area contributed by atoms with Gasteiger partial charge in [-0.3, -0.25) is 0 Å². The van der Waals surface area contributed by atoms with Gasteiger partial charge in [-0.2, -0.15) is 0 Å². The molecule has 0 N–H and O–H groups in total. The van der Waals surface area contributed by atoms with Crippen molar-refractivity contribution in [1.82, 2.24) is 8.80 Å². The average molecular weight is 545 g/mol. The smallest absolute Gasteiger partial charge is 0.136 e. The van der Waals surface area contributed by atoms with Crippen LogP contribution >= 0.6 is 0 Å². The van der Waals surface area contributed by atoms with Crippen molar-refractivity contribution in [2.75, 3.05) is 0 Å². The first kappa shape index (κ1) is 21.0. The second kappa shape index (κ2) is 6.80. The summed E-state index contributed by atoms with van der Waals surface area (Å²) >= 11 is 0. The van der Waals surface area contributed by atoms with Gasteiger partial charge >= 0.3 is 0 Å². The summed E-state index contributed by atoms with van der Waals surface area (Å²) in [6.07, 6.45) is 0. The highest BCUT2D eigenvalue weighted by atomic mass is 16.3. The molecular weight excluding hydrogens is 524 g/mol. The first-order chi connectivity index (χ1) is 21.3. The molecular formula is C40H20N2O. The van der Waals surface area contributed by atoms with Crippen LogP contribution in [-0.4, -0.2) is 8.80 Å². The molecule has 5 aromatic heterocycles. The van der Waals surface area contributed by atoms with Crippen molar-refractivity contribution in [2.45, 2.75) is 0 Å². The molecule has 0 radical (unpaired) electrons. The number of hydrogen-bond acceptors (Lipinski definition) is 1. The lowest BCUT2D eigenvalue weighted by Crippen LogP contribution is -1.84. The summed E-state index contributed by atoms with van der Waals surface area (Å²) in [6.45, 7) is 0. The maximum Gasteiger partial charge on any atom is 0.136 e. The van der Waals surface area contributed by atoms with Gasteiger partial charge in [-0.1, -0.05) is 78.9 Å². The molecule has 0 unspecified atom stereocenters. The standard InChI is InChI=1S/C40H20N2O/c1-2-8-22-16-33-28(15-21(22)7-1)24-10-5-11-25-29-17-30-26-12-6-13-27-31-19-38-32(23-9-3-4-14-37(23)43-38)18-34(31)42(40(26)27)36(30)20-35(29)41(33)39(24)25/h1-20H. The normalized spacial score (nSPS) is 13.1. The van der Waals surface area contributed by atoms with Gasteiger partial charge in [-0.15, -0.1) is 0 Å². The molecule has 0 amide bonds. The molecule has 0 aliphatic rings. The maximum absolute atomic E-state index is 6.32. The summed E-state index contributed by atoms with van der Waals surface area (Å²) in [4.78, 5) is 0. The molecule has 196 valence electrons.